The first-order valence-corrected chi connectivity index (χ1v) is 8.66. The minimum atomic E-state index is -1.49. The normalized spacial score (nSPS) is 20.2. The number of carbonyl (C=O) groups excluding carboxylic acids is 2. The number of rotatable bonds is 1. The highest BCUT2D eigenvalue weighted by Gasteiger charge is 2.56. The zero-order chi connectivity index (χ0) is 20.4. The van der Waals surface area contributed by atoms with Crippen molar-refractivity contribution in [2.24, 2.45) is 0 Å². The van der Waals surface area contributed by atoms with Crippen molar-refractivity contribution in [2.75, 3.05) is 10.6 Å². The molecule has 0 aliphatic carbocycles. The lowest BCUT2D eigenvalue weighted by molar-refractivity contribution is -0.384. The first-order chi connectivity index (χ1) is 13.1. The molecule has 28 heavy (non-hydrogen) atoms. The van der Waals surface area contributed by atoms with Gasteiger partial charge in [-0.15, -0.1) is 0 Å². The largest absolute Gasteiger partial charge is 0.328 e. The maximum Gasteiger partial charge on any atom is 0.269 e. The highest BCUT2D eigenvalue weighted by Crippen LogP contribution is 2.52. The average molecular weight is 379 g/mol. The third-order valence-electron chi connectivity index (χ3n) is 5.27. The lowest BCUT2D eigenvalue weighted by atomic mass is 9.70. The van der Waals surface area contributed by atoms with Crippen LogP contribution in [-0.4, -0.2) is 21.3 Å². The van der Waals surface area contributed by atoms with E-state index in [-0.39, 0.29) is 17.7 Å². The zero-order valence-electron chi connectivity index (χ0n) is 15.5. The van der Waals surface area contributed by atoms with Crippen LogP contribution in [0.1, 0.15) is 43.9 Å². The summed E-state index contributed by atoms with van der Waals surface area (Å²) < 4.78 is 1.75. The fourth-order valence-corrected chi connectivity index (χ4v) is 4.06. The number of amides is 2. The number of hydrogen-bond donors (Lipinski definition) is 2. The van der Waals surface area contributed by atoms with Gasteiger partial charge in [-0.05, 0) is 26.8 Å². The molecular weight excluding hydrogens is 362 g/mol. The summed E-state index contributed by atoms with van der Waals surface area (Å²) in [5.41, 5.74) is -0.766. The van der Waals surface area contributed by atoms with Crippen LogP contribution < -0.4 is 10.6 Å². The number of carbonyl (C=O) groups is 2. The Balaban J connectivity index is 2.10. The first-order valence-electron chi connectivity index (χ1n) is 8.66. The number of nitrogens with zero attached hydrogens (tertiary/aromatic N) is 3. The van der Waals surface area contributed by atoms with Crippen LogP contribution in [0.25, 0.3) is 0 Å². The van der Waals surface area contributed by atoms with Crippen molar-refractivity contribution in [3.8, 4) is 6.07 Å². The molecule has 0 saturated carbocycles. The minimum absolute atomic E-state index is 0.184. The molecule has 2 amide bonds. The van der Waals surface area contributed by atoms with E-state index in [0.29, 0.717) is 22.6 Å². The van der Waals surface area contributed by atoms with Gasteiger partial charge in [0, 0.05) is 47.1 Å². The van der Waals surface area contributed by atoms with E-state index in [2.05, 4.69) is 16.7 Å². The summed E-state index contributed by atoms with van der Waals surface area (Å²) in [7, 11) is 0. The van der Waals surface area contributed by atoms with Crippen LogP contribution in [0.3, 0.4) is 0 Å². The van der Waals surface area contributed by atoms with Crippen LogP contribution in [0.4, 0.5) is 17.2 Å². The molecule has 4 rings (SSSR count). The molecule has 0 fully saturated rings. The Morgan fingerprint density at radius 1 is 1.29 bits per heavy atom. The number of benzene rings is 1. The van der Waals surface area contributed by atoms with Gasteiger partial charge in [-0.3, -0.25) is 19.7 Å². The SMILES string of the molecule is CC(C)(C)n1cc(C#N)c2c1NC(=O)C[C@@]21C(=O)Nc2ccc([N+](=O)[O-])cc21. The van der Waals surface area contributed by atoms with Gasteiger partial charge in [0.05, 0.1) is 10.5 Å². The Labute approximate surface area is 160 Å². The third kappa shape index (κ3) is 2.18. The average Bonchev–Trinajstić information content (AvgIpc) is 3.11. The summed E-state index contributed by atoms with van der Waals surface area (Å²) in [6.07, 6.45) is 1.38. The van der Waals surface area contributed by atoms with E-state index >= 15 is 0 Å². The second-order valence-electron chi connectivity index (χ2n) is 7.99. The van der Waals surface area contributed by atoms with E-state index in [1.807, 2.05) is 20.8 Å². The summed E-state index contributed by atoms with van der Waals surface area (Å²) in [4.78, 5) is 36.5. The Bertz CT molecular complexity index is 1120. The summed E-state index contributed by atoms with van der Waals surface area (Å²) in [6.45, 7) is 5.74. The number of hydrogen-bond acceptors (Lipinski definition) is 5. The van der Waals surface area contributed by atoms with Crippen molar-refractivity contribution in [1.82, 2.24) is 4.57 Å². The molecule has 0 unspecified atom stereocenters. The summed E-state index contributed by atoms with van der Waals surface area (Å²) in [5.74, 6) is -0.493. The third-order valence-corrected chi connectivity index (χ3v) is 5.27. The molecule has 1 spiro atoms. The molecule has 1 aromatic carbocycles. The van der Waals surface area contributed by atoms with Crippen molar-refractivity contribution in [2.45, 2.75) is 38.1 Å². The number of nitro groups is 1. The van der Waals surface area contributed by atoms with Gasteiger partial charge in [-0.25, -0.2) is 0 Å². The summed E-state index contributed by atoms with van der Waals surface area (Å²) in [5, 5.41) is 26.5. The van der Waals surface area contributed by atoms with Crippen LogP contribution in [0.15, 0.2) is 24.4 Å². The number of aromatic nitrogens is 1. The lowest BCUT2D eigenvalue weighted by Crippen LogP contribution is -2.44. The minimum Gasteiger partial charge on any atom is -0.328 e. The predicted octanol–water partition coefficient (Wildman–Crippen LogP) is 2.60. The van der Waals surface area contributed by atoms with Crippen molar-refractivity contribution < 1.29 is 14.5 Å². The highest BCUT2D eigenvalue weighted by atomic mass is 16.6. The van der Waals surface area contributed by atoms with E-state index < -0.39 is 27.7 Å². The standard InChI is InChI=1S/C19H17N5O4/c1-18(2,3)23-9-10(8-20)15-16(23)22-14(25)7-19(15)12-6-11(24(27)28)4-5-13(12)21-17(19)26/h4-6,9H,7H2,1-3H3,(H,21,26)(H,22,25)/t19-/m0/s1. The molecule has 1 atom stereocenters. The van der Waals surface area contributed by atoms with Crippen LogP contribution in [0, 0.1) is 21.4 Å². The summed E-state index contributed by atoms with van der Waals surface area (Å²) >= 11 is 0. The van der Waals surface area contributed by atoms with Gasteiger partial charge >= 0.3 is 0 Å². The number of fused-ring (bicyclic) bond motifs is 4. The van der Waals surface area contributed by atoms with Gasteiger partial charge < -0.3 is 15.2 Å². The molecule has 2 aliphatic rings. The molecule has 9 nitrogen and oxygen atoms in total. The second kappa shape index (κ2) is 5.42. The van der Waals surface area contributed by atoms with Gasteiger partial charge in [0.1, 0.15) is 17.3 Å². The highest BCUT2D eigenvalue weighted by molar-refractivity contribution is 6.15. The Kier molecular flexibility index (Phi) is 3.43. The fourth-order valence-electron chi connectivity index (χ4n) is 4.06. The Hall–Kier alpha value is -3.67. The molecule has 2 aromatic rings. The molecule has 2 aliphatic heterocycles. The molecule has 0 saturated heterocycles. The Morgan fingerprint density at radius 3 is 2.61 bits per heavy atom. The summed E-state index contributed by atoms with van der Waals surface area (Å²) in [6, 6.07) is 6.18. The quantitative estimate of drug-likeness (QED) is 0.581. The number of anilines is 2. The molecule has 142 valence electrons. The van der Waals surface area contributed by atoms with Crippen LogP contribution >= 0.6 is 0 Å². The monoisotopic (exact) mass is 379 g/mol. The van der Waals surface area contributed by atoms with Gasteiger partial charge in [-0.2, -0.15) is 5.26 Å². The van der Waals surface area contributed by atoms with Gasteiger partial charge in [-0.1, -0.05) is 0 Å². The zero-order valence-corrected chi connectivity index (χ0v) is 15.5. The van der Waals surface area contributed by atoms with Crippen LogP contribution in [0.2, 0.25) is 0 Å². The van der Waals surface area contributed by atoms with Crippen LogP contribution in [-0.2, 0) is 20.5 Å². The number of non-ortho nitro benzene ring substituents is 1. The topological polar surface area (TPSA) is 130 Å². The molecule has 9 heteroatoms. The fraction of sp³-hybridized carbons (Fsp3) is 0.316. The Morgan fingerprint density at radius 2 is 2.00 bits per heavy atom. The maximum atomic E-state index is 13.1. The van der Waals surface area contributed by atoms with Gasteiger partial charge in [0.2, 0.25) is 11.8 Å². The maximum absolute atomic E-state index is 13.1. The van der Waals surface area contributed by atoms with Gasteiger partial charge in [0.25, 0.3) is 5.69 Å². The second-order valence-corrected chi connectivity index (χ2v) is 7.99. The van der Waals surface area contributed by atoms with E-state index in [9.17, 15) is 25.0 Å². The molecule has 1 aromatic heterocycles. The van der Waals surface area contributed by atoms with Crippen molar-refractivity contribution >= 4 is 29.0 Å². The molecule has 3 heterocycles. The van der Waals surface area contributed by atoms with Crippen LogP contribution in [0.5, 0.6) is 0 Å². The number of nitriles is 1. The predicted molar refractivity (Wildman–Crippen MR) is 99.9 cm³/mol. The smallest absolute Gasteiger partial charge is 0.269 e. The lowest BCUT2D eigenvalue weighted by Gasteiger charge is -2.34. The van der Waals surface area contributed by atoms with E-state index in [4.69, 9.17) is 0 Å². The van der Waals surface area contributed by atoms with E-state index in [0.717, 1.165) is 0 Å². The van der Waals surface area contributed by atoms with Crippen molar-refractivity contribution in [3.63, 3.8) is 0 Å². The van der Waals surface area contributed by atoms with E-state index in [1.54, 1.807) is 10.8 Å². The first kappa shape index (κ1) is 17.7. The number of nitrogens with one attached hydrogen (secondary N) is 2. The molecular formula is C19H17N5O4. The molecule has 0 radical (unpaired) electrons. The van der Waals surface area contributed by atoms with Crippen molar-refractivity contribution in [1.29, 1.82) is 5.26 Å². The molecule has 0 bridgehead atoms. The van der Waals surface area contributed by atoms with Crippen molar-refractivity contribution in [3.05, 3.63) is 51.2 Å². The molecule has 2 N–H and O–H groups in total. The van der Waals surface area contributed by atoms with E-state index in [1.165, 1.54) is 18.2 Å². The van der Waals surface area contributed by atoms with Gasteiger partial charge in [0.15, 0.2) is 0 Å². The number of nitro benzene ring substituents is 1.